The Kier molecular flexibility index (Phi) is 3.81. The van der Waals surface area contributed by atoms with Gasteiger partial charge in [-0.15, -0.1) is 0 Å². The maximum atomic E-state index is 10.6. The Morgan fingerprint density at radius 3 is 1.94 bits per heavy atom. The van der Waals surface area contributed by atoms with Gasteiger partial charge in [-0.25, -0.2) is 0 Å². The van der Waals surface area contributed by atoms with Crippen LogP contribution in [0.5, 0.6) is 0 Å². The zero-order valence-corrected chi connectivity index (χ0v) is 9.27. The standard InChI is InChI=1S/C8H14N6O2/c1-4(5(15)16)11-8-13-6(9-2)12-7(10-3)14-8/h4H,1-3H3,(H,15,16)(H3,9,10,11,12,13,14). The highest BCUT2D eigenvalue weighted by Gasteiger charge is 2.13. The van der Waals surface area contributed by atoms with Crippen molar-refractivity contribution in [1.29, 1.82) is 0 Å². The van der Waals surface area contributed by atoms with Crippen LogP contribution in [0.15, 0.2) is 0 Å². The van der Waals surface area contributed by atoms with Gasteiger partial charge in [0.15, 0.2) is 0 Å². The third-order valence-corrected chi connectivity index (χ3v) is 1.80. The summed E-state index contributed by atoms with van der Waals surface area (Å²) in [6.45, 7) is 1.50. The number of carboxylic acids is 1. The first kappa shape index (κ1) is 12.0. The second kappa shape index (κ2) is 5.10. The molecule has 88 valence electrons. The lowest BCUT2D eigenvalue weighted by Gasteiger charge is -2.10. The second-order valence-corrected chi connectivity index (χ2v) is 3.01. The SMILES string of the molecule is CNc1nc(NC)nc(NC(C)C(=O)O)n1. The van der Waals surface area contributed by atoms with Gasteiger partial charge in [-0.3, -0.25) is 4.79 Å². The van der Waals surface area contributed by atoms with Gasteiger partial charge in [0.25, 0.3) is 0 Å². The van der Waals surface area contributed by atoms with E-state index in [2.05, 4.69) is 30.9 Å². The van der Waals surface area contributed by atoms with Gasteiger partial charge in [0, 0.05) is 14.1 Å². The Morgan fingerprint density at radius 1 is 1.12 bits per heavy atom. The monoisotopic (exact) mass is 226 g/mol. The molecule has 0 bridgehead atoms. The number of nitrogens with zero attached hydrogens (tertiary/aromatic N) is 3. The highest BCUT2D eigenvalue weighted by molar-refractivity contribution is 5.76. The van der Waals surface area contributed by atoms with Crippen molar-refractivity contribution < 1.29 is 9.90 Å². The average Bonchev–Trinajstić information content (AvgIpc) is 2.28. The highest BCUT2D eigenvalue weighted by atomic mass is 16.4. The first-order valence-corrected chi connectivity index (χ1v) is 4.67. The van der Waals surface area contributed by atoms with Crippen LogP contribution in [0, 0.1) is 0 Å². The van der Waals surface area contributed by atoms with Gasteiger partial charge < -0.3 is 21.1 Å². The highest BCUT2D eigenvalue weighted by Crippen LogP contribution is 2.09. The van der Waals surface area contributed by atoms with E-state index in [1.54, 1.807) is 14.1 Å². The zero-order chi connectivity index (χ0) is 12.1. The molecular formula is C8H14N6O2. The van der Waals surface area contributed by atoms with Crippen molar-refractivity contribution in [1.82, 2.24) is 15.0 Å². The first-order chi connectivity index (χ1) is 7.56. The lowest BCUT2D eigenvalue weighted by molar-refractivity contribution is -0.137. The van der Waals surface area contributed by atoms with Crippen molar-refractivity contribution in [3.63, 3.8) is 0 Å². The van der Waals surface area contributed by atoms with Gasteiger partial charge in [-0.1, -0.05) is 0 Å². The predicted molar refractivity (Wildman–Crippen MR) is 59.6 cm³/mol. The number of hydrogen-bond acceptors (Lipinski definition) is 7. The van der Waals surface area contributed by atoms with Crippen LogP contribution in [0.4, 0.5) is 17.8 Å². The third kappa shape index (κ3) is 2.94. The first-order valence-electron chi connectivity index (χ1n) is 4.67. The van der Waals surface area contributed by atoms with Crippen molar-refractivity contribution in [3.8, 4) is 0 Å². The Labute approximate surface area is 92.5 Å². The Hall–Kier alpha value is -2.12. The minimum Gasteiger partial charge on any atom is -0.480 e. The molecule has 0 radical (unpaired) electrons. The Morgan fingerprint density at radius 2 is 1.56 bits per heavy atom. The second-order valence-electron chi connectivity index (χ2n) is 3.01. The van der Waals surface area contributed by atoms with Crippen LogP contribution in [0.3, 0.4) is 0 Å². The van der Waals surface area contributed by atoms with E-state index in [4.69, 9.17) is 5.11 Å². The van der Waals surface area contributed by atoms with Crippen LogP contribution in [0.1, 0.15) is 6.92 Å². The van der Waals surface area contributed by atoms with Crippen molar-refractivity contribution in [3.05, 3.63) is 0 Å². The molecule has 0 aromatic carbocycles. The molecule has 1 atom stereocenters. The number of nitrogens with one attached hydrogen (secondary N) is 3. The summed E-state index contributed by atoms with van der Waals surface area (Å²) in [7, 11) is 3.33. The van der Waals surface area contributed by atoms with Crippen molar-refractivity contribution in [2.24, 2.45) is 0 Å². The number of carboxylic acid groups (broad SMARTS) is 1. The van der Waals surface area contributed by atoms with Crippen molar-refractivity contribution in [2.75, 3.05) is 30.0 Å². The molecule has 8 nitrogen and oxygen atoms in total. The Bertz CT molecular complexity index is 361. The lowest BCUT2D eigenvalue weighted by atomic mass is 10.3. The molecule has 0 aliphatic rings. The average molecular weight is 226 g/mol. The minimum atomic E-state index is -0.975. The topological polar surface area (TPSA) is 112 Å². The normalized spacial score (nSPS) is 11.7. The molecule has 0 spiro atoms. The lowest BCUT2D eigenvalue weighted by Crippen LogP contribution is -2.26. The fourth-order valence-corrected chi connectivity index (χ4v) is 0.919. The van der Waals surface area contributed by atoms with E-state index < -0.39 is 12.0 Å². The van der Waals surface area contributed by atoms with E-state index in [1.807, 2.05) is 0 Å². The van der Waals surface area contributed by atoms with E-state index in [-0.39, 0.29) is 5.95 Å². The molecule has 1 aromatic heterocycles. The number of aromatic nitrogens is 3. The van der Waals surface area contributed by atoms with Gasteiger partial charge in [0.2, 0.25) is 17.8 Å². The smallest absolute Gasteiger partial charge is 0.325 e. The number of rotatable bonds is 5. The number of carbonyl (C=O) groups is 1. The molecule has 0 fully saturated rings. The largest absolute Gasteiger partial charge is 0.480 e. The molecule has 1 rings (SSSR count). The quantitative estimate of drug-likeness (QED) is 0.548. The molecule has 1 heterocycles. The van der Waals surface area contributed by atoms with Gasteiger partial charge in [-0.2, -0.15) is 15.0 Å². The molecule has 0 saturated carbocycles. The third-order valence-electron chi connectivity index (χ3n) is 1.80. The summed E-state index contributed by atoms with van der Waals surface area (Å²) < 4.78 is 0. The summed E-state index contributed by atoms with van der Waals surface area (Å²) in [5, 5.41) is 16.9. The summed E-state index contributed by atoms with van der Waals surface area (Å²) in [6.07, 6.45) is 0. The summed E-state index contributed by atoms with van der Waals surface area (Å²) in [5.74, 6) is -0.0464. The van der Waals surface area contributed by atoms with Crippen molar-refractivity contribution >= 4 is 23.8 Å². The van der Waals surface area contributed by atoms with Crippen LogP contribution < -0.4 is 16.0 Å². The molecule has 0 aliphatic heterocycles. The molecular weight excluding hydrogens is 212 g/mol. The van der Waals surface area contributed by atoms with Gasteiger partial charge in [0.05, 0.1) is 0 Å². The zero-order valence-electron chi connectivity index (χ0n) is 9.27. The molecule has 0 saturated heterocycles. The summed E-state index contributed by atoms with van der Waals surface area (Å²) in [5.41, 5.74) is 0. The molecule has 4 N–H and O–H groups in total. The van der Waals surface area contributed by atoms with Gasteiger partial charge in [-0.05, 0) is 6.92 Å². The molecule has 0 aliphatic carbocycles. The Balaban J connectivity index is 2.90. The summed E-state index contributed by atoms with van der Waals surface area (Å²) in [6, 6.07) is -0.767. The van der Waals surface area contributed by atoms with Crippen LogP contribution in [-0.2, 0) is 4.79 Å². The van der Waals surface area contributed by atoms with E-state index in [0.29, 0.717) is 11.9 Å². The molecule has 16 heavy (non-hydrogen) atoms. The molecule has 0 amide bonds. The van der Waals surface area contributed by atoms with Crippen LogP contribution in [0.25, 0.3) is 0 Å². The fourth-order valence-electron chi connectivity index (χ4n) is 0.919. The van der Waals surface area contributed by atoms with Gasteiger partial charge in [0.1, 0.15) is 6.04 Å². The maximum absolute atomic E-state index is 10.6. The van der Waals surface area contributed by atoms with Crippen LogP contribution >= 0.6 is 0 Å². The van der Waals surface area contributed by atoms with E-state index in [9.17, 15) is 4.79 Å². The van der Waals surface area contributed by atoms with E-state index in [0.717, 1.165) is 0 Å². The van der Waals surface area contributed by atoms with Crippen LogP contribution in [0.2, 0.25) is 0 Å². The van der Waals surface area contributed by atoms with E-state index in [1.165, 1.54) is 6.92 Å². The predicted octanol–water partition coefficient (Wildman–Crippen LogP) is -0.160. The van der Waals surface area contributed by atoms with E-state index >= 15 is 0 Å². The minimum absolute atomic E-state index is 0.207. The van der Waals surface area contributed by atoms with Crippen molar-refractivity contribution in [2.45, 2.75) is 13.0 Å². The number of anilines is 3. The number of hydrogen-bond donors (Lipinski definition) is 4. The number of aliphatic carboxylic acids is 1. The van der Waals surface area contributed by atoms with Crippen LogP contribution in [-0.4, -0.2) is 46.2 Å². The van der Waals surface area contributed by atoms with Gasteiger partial charge >= 0.3 is 5.97 Å². The molecule has 1 aromatic rings. The molecule has 1 unspecified atom stereocenters. The summed E-state index contributed by atoms with van der Waals surface area (Å²) >= 11 is 0. The fraction of sp³-hybridized carbons (Fsp3) is 0.500. The maximum Gasteiger partial charge on any atom is 0.325 e. The molecule has 8 heteroatoms. The summed E-state index contributed by atoms with van der Waals surface area (Å²) in [4.78, 5) is 22.6.